The van der Waals surface area contributed by atoms with Crippen LogP contribution in [0.5, 0.6) is 0 Å². The molecular formula is C26H18N4O4S. The number of para-hydroxylation sites is 1. The predicted octanol–water partition coefficient (Wildman–Crippen LogP) is 3.26. The predicted molar refractivity (Wildman–Crippen MR) is 135 cm³/mol. The van der Waals surface area contributed by atoms with Gasteiger partial charge in [-0.05, 0) is 48.4 Å². The molecule has 0 aliphatic carbocycles. The lowest BCUT2D eigenvalue weighted by Crippen LogP contribution is -2.32. The van der Waals surface area contributed by atoms with Gasteiger partial charge in [0.15, 0.2) is 5.57 Å². The third-order valence-electron chi connectivity index (χ3n) is 5.05. The van der Waals surface area contributed by atoms with E-state index in [0.29, 0.717) is 16.9 Å². The molecule has 4 aromatic rings. The van der Waals surface area contributed by atoms with E-state index in [9.17, 15) is 25.0 Å². The first kappa shape index (κ1) is 23.4. The molecule has 0 saturated heterocycles. The van der Waals surface area contributed by atoms with Crippen molar-refractivity contribution < 1.29 is 9.72 Å². The molecule has 0 bridgehead atoms. The SMILES string of the molecule is Cc1cccc(NC(=O)/C(C#N)=c2\s/c(=C/c3cccc([N+](=O)[O-])c3)c(=O)n2-c2ccccc2)c1. The number of rotatable bonds is 5. The lowest BCUT2D eigenvalue weighted by atomic mass is 10.2. The zero-order valence-electron chi connectivity index (χ0n) is 18.5. The maximum absolute atomic E-state index is 13.4. The monoisotopic (exact) mass is 482 g/mol. The number of non-ortho nitro benzene ring substituents is 1. The fourth-order valence-electron chi connectivity index (χ4n) is 3.45. The number of nitrogens with one attached hydrogen (secondary N) is 1. The minimum Gasteiger partial charge on any atom is -0.321 e. The highest BCUT2D eigenvalue weighted by atomic mass is 32.1. The summed E-state index contributed by atoms with van der Waals surface area (Å²) in [6, 6.07) is 23.6. The molecule has 0 fully saturated rings. The number of hydrogen-bond donors (Lipinski definition) is 1. The van der Waals surface area contributed by atoms with Gasteiger partial charge < -0.3 is 5.32 Å². The van der Waals surface area contributed by atoms with E-state index in [1.165, 1.54) is 28.8 Å². The Bertz CT molecular complexity index is 1660. The molecule has 0 unspecified atom stereocenters. The first-order valence-corrected chi connectivity index (χ1v) is 11.2. The molecule has 1 amide bonds. The lowest BCUT2D eigenvalue weighted by molar-refractivity contribution is -0.384. The Morgan fingerprint density at radius 1 is 1.09 bits per heavy atom. The van der Waals surface area contributed by atoms with Crippen LogP contribution >= 0.6 is 11.3 Å². The number of nitro benzene ring substituents is 1. The molecule has 0 saturated carbocycles. The zero-order valence-corrected chi connectivity index (χ0v) is 19.3. The zero-order chi connectivity index (χ0) is 24.9. The molecule has 1 heterocycles. The maximum Gasteiger partial charge on any atom is 0.273 e. The first-order valence-electron chi connectivity index (χ1n) is 10.4. The van der Waals surface area contributed by atoms with E-state index in [1.54, 1.807) is 54.6 Å². The molecular weight excluding hydrogens is 464 g/mol. The number of nitro groups is 1. The number of nitrogens with zero attached hydrogens (tertiary/aromatic N) is 3. The van der Waals surface area contributed by atoms with Gasteiger partial charge in [0.2, 0.25) is 0 Å². The fourth-order valence-corrected chi connectivity index (χ4v) is 4.56. The van der Waals surface area contributed by atoms with Crippen molar-refractivity contribution in [2.24, 2.45) is 0 Å². The molecule has 35 heavy (non-hydrogen) atoms. The van der Waals surface area contributed by atoms with E-state index in [0.717, 1.165) is 16.9 Å². The Balaban J connectivity index is 1.95. The number of carbonyl (C=O) groups excluding carboxylic acids is 1. The minimum absolute atomic E-state index is 0.110. The Hall–Kier alpha value is -4.81. The number of benzene rings is 3. The normalized spacial score (nSPS) is 12.1. The summed E-state index contributed by atoms with van der Waals surface area (Å²) >= 11 is 0.969. The summed E-state index contributed by atoms with van der Waals surface area (Å²) in [5.74, 6) is -0.647. The molecule has 4 rings (SSSR count). The highest BCUT2D eigenvalue weighted by Crippen LogP contribution is 2.14. The Morgan fingerprint density at radius 2 is 1.83 bits per heavy atom. The van der Waals surface area contributed by atoms with Gasteiger partial charge in [0, 0.05) is 17.8 Å². The lowest BCUT2D eigenvalue weighted by Gasteiger charge is -2.06. The summed E-state index contributed by atoms with van der Waals surface area (Å²) in [6.45, 7) is 1.88. The number of amides is 1. The van der Waals surface area contributed by atoms with Crippen molar-refractivity contribution in [2.75, 3.05) is 5.32 Å². The number of nitriles is 1. The average molecular weight is 483 g/mol. The molecule has 0 atom stereocenters. The van der Waals surface area contributed by atoms with E-state index in [-0.39, 0.29) is 20.5 Å². The quantitative estimate of drug-likeness (QED) is 0.346. The van der Waals surface area contributed by atoms with E-state index in [1.807, 2.05) is 19.1 Å². The summed E-state index contributed by atoms with van der Waals surface area (Å²) < 4.78 is 1.69. The molecule has 9 heteroatoms. The van der Waals surface area contributed by atoms with Crippen LogP contribution in [0.25, 0.3) is 17.3 Å². The molecule has 0 aliphatic heterocycles. The molecule has 8 nitrogen and oxygen atoms in total. The average Bonchev–Trinajstić information content (AvgIpc) is 3.15. The van der Waals surface area contributed by atoms with Crippen molar-refractivity contribution in [3.8, 4) is 11.8 Å². The van der Waals surface area contributed by atoms with Crippen LogP contribution in [0.3, 0.4) is 0 Å². The second-order valence-electron chi connectivity index (χ2n) is 7.55. The summed E-state index contributed by atoms with van der Waals surface area (Å²) in [4.78, 5) is 37.1. The summed E-state index contributed by atoms with van der Waals surface area (Å²) in [6.07, 6.45) is 1.51. The standard InChI is InChI=1S/C26H18N4O4S/c1-17-7-5-9-19(13-17)28-24(31)22(16-27)26-29(20-10-3-2-4-11-20)25(32)23(35-26)15-18-8-6-12-21(14-18)30(33)34/h2-15H,1H3,(H,28,31)/b23-15+,26-22-. The smallest absolute Gasteiger partial charge is 0.273 e. The molecule has 0 radical (unpaired) electrons. The van der Waals surface area contributed by atoms with Crippen LogP contribution in [0.15, 0.2) is 83.7 Å². The van der Waals surface area contributed by atoms with Crippen LogP contribution in [0.1, 0.15) is 11.1 Å². The summed E-state index contributed by atoms with van der Waals surface area (Å²) in [5, 5.41) is 23.8. The van der Waals surface area contributed by atoms with Gasteiger partial charge in [0.25, 0.3) is 17.2 Å². The van der Waals surface area contributed by atoms with E-state index < -0.39 is 16.4 Å². The third kappa shape index (κ3) is 5.08. The van der Waals surface area contributed by atoms with Gasteiger partial charge in [-0.3, -0.25) is 24.3 Å². The van der Waals surface area contributed by atoms with Gasteiger partial charge in [-0.2, -0.15) is 5.26 Å². The number of hydrogen-bond acceptors (Lipinski definition) is 6. The first-order chi connectivity index (χ1) is 16.9. The summed E-state index contributed by atoms with van der Waals surface area (Å²) in [5.41, 5.74) is 1.62. The van der Waals surface area contributed by atoms with Gasteiger partial charge in [0.05, 0.1) is 15.1 Å². The maximum atomic E-state index is 13.4. The fraction of sp³-hybridized carbons (Fsp3) is 0.0385. The number of anilines is 1. The van der Waals surface area contributed by atoms with Gasteiger partial charge in [-0.25, -0.2) is 0 Å². The van der Waals surface area contributed by atoms with Crippen LogP contribution < -0.4 is 20.1 Å². The largest absolute Gasteiger partial charge is 0.321 e. The number of aromatic nitrogens is 1. The van der Waals surface area contributed by atoms with Crippen molar-refractivity contribution in [3.05, 3.63) is 120 Å². The highest BCUT2D eigenvalue weighted by Gasteiger charge is 2.17. The van der Waals surface area contributed by atoms with Gasteiger partial charge in [-0.15, -0.1) is 11.3 Å². The number of carbonyl (C=O) groups is 1. The van der Waals surface area contributed by atoms with Crippen LogP contribution in [0.2, 0.25) is 0 Å². The molecule has 1 aromatic heterocycles. The van der Waals surface area contributed by atoms with Crippen molar-refractivity contribution in [2.45, 2.75) is 6.92 Å². The van der Waals surface area contributed by atoms with Gasteiger partial charge in [-0.1, -0.05) is 42.5 Å². The van der Waals surface area contributed by atoms with Crippen LogP contribution in [0.4, 0.5) is 11.4 Å². The Kier molecular flexibility index (Phi) is 6.66. The molecule has 0 spiro atoms. The second-order valence-corrected chi connectivity index (χ2v) is 8.59. The second kappa shape index (κ2) is 9.99. The van der Waals surface area contributed by atoms with Crippen LogP contribution in [-0.2, 0) is 4.79 Å². The Morgan fingerprint density at radius 3 is 2.51 bits per heavy atom. The molecule has 1 N–H and O–H groups in total. The molecule has 3 aromatic carbocycles. The van der Waals surface area contributed by atoms with Crippen molar-refractivity contribution in [3.63, 3.8) is 0 Å². The van der Waals surface area contributed by atoms with Crippen LogP contribution in [0, 0.1) is 28.4 Å². The molecule has 172 valence electrons. The van der Waals surface area contributed by atoms with E-state index in [2.05, 4.69) is 5.32 Å². The topological polar surface area (TPSA) is 118 Å². The van der Waals surface area contributed by atoms with Crippen molar-refractivity contribution in [1.82, 2.24) is 4.57 Å². The number of aryl methyl sites for hydroxylation is 1. The van der Waals surface area contributed by atoms with Crippen molar-refractivity contribution >= 4 is 40.3 Å². The van der Waals surface area contributed by atoms with E-state index >= 15 is 0 Å². The number of thiazole rings is 1. The van der Waals surface area contributed by atoms with E-state index in [4.69, 9.17) is 0 Å². The minimum atomic E-state index is -0.647. The van der Waals surface area contributed by atoms with Crippen LogP contribution in [-0.4, -0.2) is 15.4 Å². The highest BCUT2D eigenvalue weighted by molar-refractivity contribution is 7.07. The summed E-state index contributed by atoms with van der Waals surface area (Å²) in [7, 11) is 0. The van der Waals surface area contributed by atoms with Gasteiger partial charge >= 0.3 is 0 Å². The third-order valence-corrected chi connectivity index (χ3v) is 6.14. The molecule has 0 aliphatic rings. The Labute approximate surface area is 203 Å². The van der Waals surface area contributed by atoms with Crippen molar-refractivity contribution in [1.29, 1.82) is 5.26 Å². The van der Waals surface area contributed by atoms with Gasteiger partial charge in [0.1, 0.15) is 10.7 Å².